The van der Waals surface area contributed by atoms with Crippen molar-refractivity contribution in [3.8, 4) is 0 Å². The summed E-state index contributed by atoms with van der Waals surface area (Å²) in [5.74, 6) is -0.261. The number of aliphatic imine (C=N–C) groups is 1. The van der Waals surface area contributed by atoms with Gasteiger partial charge in [-0.25, -0.2) is 0 Å². The SMILES string of the molecule is CCC[C@H]1C(=O)N=C(SCC[NH+](CC)CC)N(c2ccccc2)C1=O. The lowest BCUT2D eigenvalue weighted by Crippen LogP contribution is -3.11. The van der Waals surface area contributed by atoms with E-state index in [1.165, 1.54) is 16.7 Å². The lowest BCUT2D eigenvalue weighted by atomic mass is 10.00. The van der Waals surface area contributed by atoms with Gasteiger partial charge in [-0.15, -0.1) is 0 Å². The van der Waals surface area contributed by atoms with Gasteiger partial charge in [0.2, 0.25) is 5.91 Å². The first-order valence-corrected chi connectivity index (χ1v) is 10.1. The third-order valence-electron chi connectivity index (χ3n) is 4.49. The van der Waals surface area contributed by atoms with Crippen molar-refractivity contribution in [1.82, 2.24) is 0 Å². The van der Waals surface area contributed by atoms with Crippen LogP contribution in [0.5, 0.6) is 0 Å². The summed E-state index contributed by atoms with van der Waals surface area (Å²) < 4.78 is 0. The minimum atomic E-state index is -0.650. The van der Waals surface area contributed by atoms with Crippen LogP contribution in [0.3, 0.4) is 0 Å². The van der Waals surface area contributed by atoms with Crippen LogP contribution in [0, 0.1) is 5.92 Å². The zero-order valence-electron chi connectivity index (χ0n) is 15.3. The first-order chi connectivity index (χ1) is 12.1. The Kier molecular flexibility index (Phi) is 7.65. The quantitative estimate of drug-likeness (QED) is 0.720. The van der Waals surface area contributed by atoms with E-state index >= 15 is 0 Å². The minimum absolute atomic E-state index is 0.147. The summed E-state index contributed by atoms with van der Waals surface area (Å²) in [6, 6.07) is 9.50. The second-order valence-corrected chi connectivity index (χ2v) is 7.20. The molecule has 0 bridgehead atoms. The van der Waals surface area contributed by atoms with Gasteiger partial charge >= 0.3 is 0 Å². The van der Waals surface area contributed by atoms with Crippen molar-refractivity contribution in [2.24, 2.45) is 10.9 Å². The summed E-state index contributed by atoms with van der Waals surface area (Å²) in [6.45, 7) is 9.44. The number of hydrogen-bond acceptors (Lipinski definition) is 3. The molecule has 2 rings (SSSR count). The Hall–Kier alpha value is -1.66. The molecule has 1 heterocycles. The van der Waals surface area contributed by atoms with Crippen molar-refractivity contribution in [2.75, 3.05) is 30.3 Å². The van der Waals surface area contributed by atoms with E-state index in [2.05, 4.69) is 18.8 Å². The van der Waals surface area contributed by atoms with Gasteiger partial charge in [0.15, 0.2) is 5.17 Å². The Balaban J connectivity index is 2.22. The molecule has 1 aromatic rings. The van der Waals surface area contributed by atoms with Crippen LogP contribution in [-0.4, -0.2) is 42.4 Å². The number of rotatable bonds is 8. The van der Waals surface area contributed by atoms with E-state index < -0.39 is 5.92 Å². The van der Waals surface area contributed by atoms with Crippen LogP contribution in [0.1, 0.15) is 33.6 Å². The van der Waals surface area contributed by atoms with Crippen LogP contribution >= 0.6 is 11.8 Å². The molecule has 0 aromatic heterocycles. The van der Waals surface area contributed by atoms with Crippen molar-refractivity contribution >= 4 is 34.4 Å². The Bertz CT molecular complexity index is 614. The van der Waals surface area contributed by atoms with Crippen LogP contribution in [0.25, 0.3) is 0 Å². The Morgan fingerprint density at radius 1 is 1.12 bits per heavy atom. The van der Waals surface area contributed by atoms with Gasteiger partial charge in [-0.05, 0) is 32.4 Å². The summed E-state index contributed by atoms with van der Waals surface area (Å²) in [5.41, 5.74) is 0.780. The maximum atomic E-state index is 13.0. The molecule has 1 N–H and O–H groups in total. The topological polar surface area (TPSA) is 54.2 Å². The summed E-state index contributed by atoms with van der Waals surface area (Å²) >= 11 is 1.50. The summed E-state index contributed by atoms with van der Waals surface area (Å²) in [6.07, 6.45) is 1.33. The average molecular weight is 363 g/mol. The highest BCUT2D eigenvalue weighted by molar-refractivity contribution is 8.14. The fraction of sp³-hybridized carbons (Fsp3) is 0.526. The molecule has 0 radical (unpaired) electrons. The first kappa shape index (κ1) is 19.7. The average Bonchev–Trinajstić information content (AvgIpc) is 2.63. The van der Waals surface area contributed by atoms with Crippen LogP contribution in [0.2, 0.25) is 0 Å². The molecule has 1 aliphatic rings. The second-order valence-electron chi connectivity index (χ2n) is 6.14. The van der Waals surface area contributed by atoms with Crippen LogP contribution < -0.4 is 9.80 Å². The zero-order chi connectivity index (χ0) is 18.2. The van der Waals surface area contributed by atoms with Gasteiger partial charge in [0.05, 0.1) is 31.1 Å². The number of thioether (sulfide) groups is 1. The smallest absolute Gasteiger partial charge is 0.260 e. The summed E-state index contributed by atoms with van der Waals surface area (Å²) in [7, 11) is 0. The Morgan fingerprint density at radius 3 is 2.40 bits per heavy atom. The fourth-order valence-electron chi connectivity index (χ4n) is 2.92. The van der Waals surface area contributed by atoms with E-state index in [0.29, 0.717) is 11.6 Å². The van der Waals surface area contributed by atoms with E-state index in [1.54, 1.807) is 4.90 Å². The van der Waals surface area contributed by atoms with Gasteiger partial charge in [-0.2, -0.15) is 4.99 Å². The van der Waals surface area contributed by atoms with E-state index in [9.17, 15) is 9.59 Å². The molecule has 0 aliphatic carbocycles. The molecule has 1 aliphatic heterocycles. The van der Waals surface area contributed by atoms with Crippen LogP contribution in [0.4, 0.5) is 5.69 Å². The molecule has 25 heavy (non-hydrogen) atoms. The highest BCUT2D eigenvalue weighted by Gasteiger charge is 2.38. The number of nitrogens with one attached hydrogen (secondary N) is 1. The van der Waals surface area contributed by atoms with Crippen molar-refractivity contribution < 1.29 is 14.5 Å². The number of carbonyl (C=O) groups excluding carboxylic acids is 2. The van der Waals surface area contributed by atoms with Crippen molar-refractivity contribution in [1.29, 1.82) is 0 Å². The number of para-hydroxylation sites is 1. The summed E-state index contributed by atoms with van der Waals surface area (Å²) in [5, 5.41) is 0.514. The predicted molar refractivity (Wildman–Crippen MR) is 104 cm³/mol. The predicted octanol–water partition coefficient (Wildman–Crippen LogP) is 1.99. The third kappa shape index (κ3) is 4.92. The molecule has 136 valence electrons. The van der Waals surface area contributed by atoms with E-state index in [-0.39, 0.29) is 11.8 Å². The van der Waals surface area contributed by atoms with Gasteiger partial charge < -0.3 is 4.90 Å². The monoisotopic (exact) mass is 362 g/mol. The number of anilines is 1. The van der Waals surface area contributed by atoms with E-state index in [1.807, 2.05) is 37.3 Å². The maximum absolute atomic E-state index is 13.0. The van der Waals surface area contributed by atoms with Crippen molar-refractivity contribution in [2.45, 2.75) is 33.6 Å². The van der Waals surface area contributed by atoms with Gasteiger partial charge in [0.1, 0.15) is 5.92 Å². The molecule has 0 saturated carbocycles. The molecule has 1 aromatic carbocycles. The number of carbonyl (C=O) groups is 2. The molecule has 5 nitrogen and oxygen atoms in total. The zero-order valence-corrected chi connectivity index (χ0v) is 16.1. The molecule has 2 amide bonds. The van der Waals surface area contributed by atoms with Crippen molar-refractivity contribution in [3.05, 3.63) is 30.3 Å². The van der Waals surface area contributed by atoms with Crippen molar-refractivity contribution in [3.63, 3.8) is 0 Å². The summed E-state index contributed by atoms with van der Waals surface area (Å²) in [4.78, 5) is 32.7. The lowest BCUT2D eigenvalue weighted by Gasteiger charge is -2.30. The number of benzene rings is 1. The standard InChI is InChI=1S/C19H27N3O2S/c1-4-10-16-17(23)20-19(25-14-13-21(5-2)6-3)22(18(16)24)15-11-8-7-9-12-15/h7-9,11-12,16H,4-6,10,13-14H2,1-3H3/p+1/t16-/m0/s1. The molecule has 0 spiro atoms. The first-order valence-electron chi connectivity index (χ1n) is 9.10. The Labute approximate surface area is 154 Å². The van der Waals surface area contributed by atoms with E-state index in [0.717, 1.165) is 37.5 Å². The largest absolute Gasteiger partial charge is 0.335 e. The highest BCUT2D eigenvalue weighted by atomic mass is 32.2. The van der Waals surface area contributed by atoms with Gasteiger partial charge in [0, 0.05) is 0 Å². The third-order valence-corrected chi connectivity index (χ3v) is 5.43. The van der Waals surface area contributed by atoms with E-state index in [4.69, 9.17) is 0 Å². The number of nitrogens with zero attached hydrogens (tertiary/aromatic N) is 2. The van der Waals surface area contributed by atoms with Crippen LogP contribution in [-0.2, 0) is 9.59 Å². The molecule has 6 heteroatoms. The number of quaternary nitrogens is 1. The molecular weight excluding hydrogens is 334 g/mol. The molecule has 1 atom stereocenters. The number of amidine groups is 1. The molecule has 0 fully saturated rings. The number of hydrogen-bond donors (Lipinski definition) is 1. The van der Waals surface area contributed by atoms with Gasteiger partial charge in [-0.3, -0.25) is 14.5 Å². The molecular formula is C19H28N3O2S+. The van der Waals surface area contributed by atoms with Gasteiger partial charge in [-0.1, -0.05) is 43.3 Å². The Morgan fingerprint density at radius 2 is 1.80 bits per heavy atom. The lowest BCUT2D eigenvalue weighted by molar-refractivity contribution is -0.893. The number of amides is 2. The highest BCUT2D eigenvalue weighted by Crippen LogP contribution is 2.28. The maximum Gasteiger partial charge on any atom is 0.260 e. The normalized spacial score (nSPS) is 18.0. The van der Waals surface area contributed by atoms with Gasteiger partial charge in [0.25, 0.3) is 5.91 Å². The van der Waals surface area contributed by atoms with Crippen LogP contribution in [0.15, 0.2) is 35.3 Å². The molecule has 0 unspecified atom stereocenters. The molecule has 0 saturated heterocycles. The minimum Gasteiger partial charge on any atom is -0.335 e. The fourth-order valence-corrected chi connectivity index (χ4v) is 3.97. The second kappa shape index (κ2) is 9.73.